The van der Waals surface area contributed by atoms with E-state index in [1.807, 2.05) is 13.0 Å². The van der Waals surface area contributed by atoms with Crippen LogP contribution in [0.1, 0.15) is 12.5 Å². The first-order chi connectivity index (χ1) is 9.65. The largest absolute Gasteiger partial charge is 0.370 e. The predicted octanol–water partition coefficient (Wildman–Crippen LogP) is 2.96. The van der Waals surface area contributed by atoms with Gasteiger partial charge < -0.3 is 5.32 Å². The van der Waals surface area contributed by atoms with Crippen LogP contribution in [-0.4, -0.2) is 16.5 Å². The maximum atomic E-state index is 11.1. The molecule has 100 valence electrons. The zero-order valence-corrected chi connectivity index (χ0v) is 10.8. The van der Waals surface area contributed by atoms with Gasteiger partial charge in [-0.15, -0.1) is 0 Å². The first-order valence-electron chi connectivity index (χ1n) is 6.05. The second-order valence-corrected chi connectivity index (χ2v) is 4.04. The Morgan fingerprint density at radius 3 is 2.85 bits per heavy atom. The number of nitro groups is 1. The minimum Gasteiger partial charge on any atom is -0.370 e. The van der Waals surface area contributed by atoms with E-state index in [1.165, 1.54) is 6.07 Å². The minimum atomic E-state index is -0.475. The summed E-state index contributed by atoms with van der Waals surface area (Å²) in [5, 5.41) is 23.0. The molecule has 1 aromatic carbocycles. The summed E-state index contributed by atoms with van der Waals surface area (Å²) in [6, 6.07) is 11.6. The summed E-state index contributed by atoms with van der Waals surface area (Å²) in [6.07, 6.45) is 0. The summed E-state index contributed by atoms with van der Waals surface area (Å²) in [5.74, 6) is 0.565. The summed E-state index contributed by atoms with van der Waals surface area (Å²) in [5.41, 5.74) is 1.16. The van der Waals surface area contributed by atoms with E-state index in [9.17, 15) is 10.1 Å². The van der Waals surface area contributed by atoms with Gasteiger partial charge in [-0.25, -0.2) is 4.98 Å². The first-order valence-corrected chi connectivity index (χ1v) is 6.05. The van der Waals surface area contributed by atoms with Crippen LogP contribution >= 0.6 is 0 Å². The van der Waals surface area contributed by atoms with Gasteiger partial charge in [0.25, 0.3) is 5.69 Å². The molecule has 20 heavy (non-hydrogen) atoms. The van der Waals surface area contributed by atoms with Crippen molar-refractivity contribution < 1.29 is 4.92 Å². The molecule has 1 aromatic heterocycles. The van der Waals surface area contributed by atoms with Gasteiger partial charge in [-0.05, 0) is 25.1 Å². The predicted molar refractivity (Wildman–Crippen MR) is 75.2 cm³/mol. The number of hydrogen-bond donors (Lipinski definition) is 1. The highest BCUT2D eigenvalue weighted by molar-refractivity contribution is 5.72. The van der Waals surface area contributed by atoms with Gasteiger partial charge in [0.05, 0.1) is 16.6 Å². The van der Waals surface area contributed by atoms with E-state index < -0.39 is 4.92 Å². The highest BCUT2D eigenvalue weighted by atomic mass is 16.6. The van der Waals surface area contributed by atoms with E-state index in [0.29, 0.717) is 23.5 Å². The van der Waals surface area contributed by atoms with E-state index in [2.05, 4.69) is 10.3 Å². The van der Waals surface area contributed by atoms with Crippen LogP contribution in [0.25, 0.3) is 11.3 Å². The van der Waals surface area contributed by atoms with Crippen LogP contribution in [0.2, 0.25) is 0 Å². The Bertz CT molecular complexity index is 692. The average Bonchev–Trinajstić information content (AvgIpc) is 2.47. The van der Waals surface area contributed by atoms with Crippen LogP contribution in [-0.2, 0) is 0 Å². The van der Waals surface area contributed by atoms with E-state index in [1.54, 1.807) is 30.3 Å². The van der Waals surface area contributed by atoms with E-state index in [0.717, 1.165) is 0 Å². The normalized spacial score (nSPS) is 9.80. The molecule has 0 aliphatic heterocycles. The van der Waals surface area contributed by atoms with Crippen LogP contribution in [0.15, 0.2) is 36.4 Å². The molecule has 1 heterocycles. The molecule has 0 saturated carbocycles. The van der Waals surface area contributed by atoms with Crippen LogP contribution < -0.4 is 5.32 Å². The van der Waals surface area contributed by atoms with Gasteiger partial charge >= 0.3 is 0 Å². The number of pyridine rings is 1. The number of nitrogens with one attached hydrogen (secondary N) is 1. The second kappa shape index (κ2) is 5.80. The fourth-order valence-corrected chi connectivity index (χ4v) is 1.83. The Hall–Kier alpha value is -2.94. The Labute approximate surface area is 115 Å². The van der Waals surface area contributed by atoms with Crippen molar-refractivity contribution in [2.75, 3.05) is 11.9 Å². The molecule has 0 fully saturated rings. The molecule has 6 nitrogen and oxygen atoms in total. The maximum Gasteiger partial charge on any atom is 0.295 e. The lowest BCUT2D eigenvalue weighted by molar-refractivity contribution is -0.384. The molecule has 0 aliphatic rings. The number of anilines is 1. The summed E-state index contributed by atoms with van der Waals surface area (Å²) >= 11 is 0. The highest BCUT2D eigenvalue weighted by Crippen LogP contribution is 2.29. The molecule has 0 spiro atoms. The minimum absolute atomic E-state index is 0.0817. The van der Waals surface area contributed by atoms with Gasteiger partial charge in [-0.1, -0.05) is 12.1 Å². The maximum absolute atomic E-state index is 11.1. The zero-order chi connectivity index (χ0) is 14.5. The van der Waals surface area contributed by atoms with Gasteiger partial charge in [0, 0.05) is 18.2 Å². The van der Waals surface area contributed by atoms with Crippen LogP contribution in [0.4, 0.5) is 11.5 Å². The Balaban J connectivity index is 2.59. The lowest BCUT2D eigenvalue weighted by atomic mass is 10.1. The molecule has 0 amide bonds. The van der Waals surface area contributed by atoms with Crippen molar-refractivity contribution in [1.82, 2.24) is 4.98 Å². The van der Waals surface area contributed by atoms with Gasteiger partial charge in [0.15, 0.2) is 5.69 Å². The molecule has 0 unspecified atom stereocenters. The summed E-state index contributed by atoms with van der Waals surface area (Å²) in [7, 11) is 0. The number of benzene rings is 1. The third kappa shape index (κ3) is 2.72. The van der Waals surface area contributed by atoms with Crippen LogP contribution in [0, 0.1) is 21.4 Å². The van der Waals surface area contributed by atoms with Crippen molar-refractivity contribution in [1.29, 1.82) is 5.26 Å². The van der Waals surface area contributed by atoms with E-state index >= 15 is 0 Å². The molecule has 0 saturated heterocycles. The summed E-state index contributed by atoms with van der Waals surface area (Å²) in [6.45, 7) is 2.58. The molecule has 0 bridgehead atoms. The molecule has 0 aliphatic carbocycles. The zero-order valence-electron chi connectivity index (χ0n) is 10.8. The topological polar surface area (TPSA) is 91.9 Å². The standard InChI is InChI=1S/C14H12N4O2/c1-2-16-13-7-6-12(18(19)20)14(17-13)11-5-3-4-10(8-11)9-15/h3-8H,2H2,1H3,(H,16,17). The smallest absolute Gasteiger partial charge is 0.295 e. The SMILES string of the molecule is CCNc1ccc([N+](=O)[O-])c(-c2cccc(C#N)c2)n1. The monoisotopic (exact) mass is 268 g/mol. The lowest BCUT2D eigenvalue weighted by Crippen LogP contribution is -2.02. The third-order valence-corrected chi connectivity index (χ3v) is 2.69. The summed E-state index contributed by atoms with van der Waals surface area (Å²) < 4.78 is 0. The van der Waals surface area contributed by atoms with Crippen molar-refractivity contribution in [2.45, 2.75) is 6.92 Å². The highest BCUT2D eigenvalue weighted by Gasteiger charge is 2.17. The van der Waals surface area contributed by atoms with Crippen molar-refractivity contribution in [3.63, 3.8) is 0 Å². The molecular formula is C14H12N4O2. The molecule has 0 atom stereocenters. The number of nitrogens with zero attached hydrogens (tertiary/aromatic N) is 3. The fraction of sp³-hybridized carbons (Fsp3) is 0.143. The Morgan fingerprint density at radius 1 is 1.40 bits per heavy atom. The van der Waals surface area contributed by atoms with Crippen molar-refractivity contribution in [2.24, 2.45) is 0 Å². The quantitative estimate of drug-likeness (QED) is 0.679. The van der Waals surface area contributed by atoms with Crippen molar-refractivity contribution >= 4 is 11.5 Å². The van der Waals surface area contributed by atoms with Gasteiger partial charge in [0.2, 0.25) is 0 Å². The van der Waals surface area contributed by atoms with Gasteiger partial charge in [-0.3, -0.25) is 10.1 Å². The molecule has 2 aromatic rings. The molecule has 2 rings (SSSR count). The van der Waals surface area contributed by atoms with E-state index in [4.69, 9.17) is 5.26 Å². The van der Waals surface area contributed by atoms with Crippen LogP contribution in [0.5, 0.6) is 0 Å². The molecule has 0 radical (unpaired) electrons. The average molecular weight is 268 g/mol. The molecular weight excluding hydrogens is 256 g/mol. The third-order valence-electron chi connectivity index (χ3n) is 2.69. The Kier molecular flexibility index (Phi) is 3.91. The number of aromatic nitrogens is 1. The summed E-state index contributed by atoms with van der Waals surface area (Å²) in [4.78, 5) is 14.9. The van der Waals surface area contributed by atoms with Gasteiger partial charge in [-0.2, -0.15) is 5.26 Å². The number of hydrogen-bond acceptors (Lipinski definition) is 5. The van der Waals surface area contributed by atoms with Gasteiger partial charge in [0.1, 0.15) is 5.82 Å². The molecule has 1 N–H and O–H groups in total. The van der Waals surface area contributed by atoms with Crippen LogP contribution in [0.3, 0.4) is 0 Å². The van der Waals surface area contributed by atoms with Crippen molar-refractivity contribution in [3.05, 3.63) is 52.1 Å². The second-order valence-electron chi connectivity index (χ2n) is 4.04. The molecule has 6 heteroatoms. The van der Waals surface area contributed by atoms with Crippen molar-refractivity contribution in [3.8, 4) is 17.3 Å². The number of nitriles is 1. The Morgan fingerprint density at radius 2 is 2.20 bits per heavy atom. The van der Waals surface area contributed by atoms with E-state index in [-0.39, 0.29) is 11.4 Å². The lowest BCUT2D eigenvalue weighted by Gasteiger charge is -2.07. The fourth-order valence-electron chi connectivity index (χ4n) is 1.83. The number of rotatable bonds is 4. The first kappa shape index (κ1) is 13.5.